The molecule has 1 aliphatic carbocycles. The van der Waals surface area contributed by atoms with Crippen LogP contribution < -0.4 is 0 Å². The van der Waals surface area contributed by atoms with Gasteiger partial charge < -0.3 is 14.9 Å². The molecule has 4 atom stereocenters. The fraction of sp³-hybridized carbons (Fsp3) is 0.654. The van der Waals surface area contributed by atoms with Crippen LogP contribution in [0, 0.1) is 5.92 Å². The normalized spacial score (nSPS) is 23.5. The molecule has 0 spiro atoms. The summed E-state index contributed by atoms with van der Waals surface area (Å²) in [6, 6.07) is 8.76. The van der Waals surface area contributed by atoms with E-state index in [0.717, 1.165) is 25.7 Å². The first-order valence-electron chi connectivity index (χ1n) is 11.9. The third-order valence-corrected chi connectivity index (χ3v) is 6.67. The predicted molar refractivity (Wildman–Crippen MR) is 126 cm³/mol. The first kappa shape index (κ1) is 25.9. The van der Waals surface area contributed by atoms with Crippen molar-refractivity contribution >= 4 is 17.6 Å². The van der Waals surface area contributed by atoms with Gasteiger partial charge in [0.1, 0.15) is 6.61 Å². The van der Waals surface area contributed by atoms with Crippen LogP contribution in [0.5, 0.6) is 0 Å². The summed E-state index contributed by atoms with van der Waals surface area (Å²) in [6.07, 6.45) is 13.3. The van der Waals surface area contributed by atoms with Crippen LogP contribution >= 0.6 is 11.6 Å². The lowest BCUT2D eigenvalue weighted by Gasteiger charge is -2.23. The van der Waals surface area contributed by atoms with E-state index in [1.807, 2.05) is 0 Å². The second-order valence-corrected chi connectivity index (χ2v) is 9.16. The van der Waals surface area contributed by atoms with Crippen molar-refractivity contribution < 1.29 is 19.7 Å². The van der Waals surface area contributed by atoms with Crippen molar-refractivity contribution in [2.45, 2.75) is 88.5 Å². The van der Waals surface area contributed by atoms with Crippen LogP contribution in [-0.2, 0) is 16.0 Å². The highest BCUT2D eigenvalue weighted by Gasteiger charge is 2.41. The molecule has 5 heteroatoms. The average molecular weight is 451 g/mol. The Kier molecular flexibility index (Phi) is 12.2. The molecular formula is C26H39ClO4. The van der Waals surface area contributed by atoms with Crippen LogP contribution in [0.25, 0.3) is 0 Å². The Morgan fingerprint density at radius 2 is 1.94 bits per heavy atom. The molecule has 2 N–H and O–H groups in total. The summed E-state index contributed by atoms with van der Waals surface area (Å²) in [4.78, 5) is 11.4. The SMILES string of the molecule is CCCCCCc1ccc([C@@H]2[C@@H](CC=CCCCC(=O)OCCO)[C@H](Cl)C[C@H]2O)cc1. The van der Waals surface area contributed by atoms with E-state index >= 15 is 0 Å². The number of benzene rings is 1. The van der Waals surface area contributed by atoms with Crippen molar-refractivity contribution in [1.82, 2.24) is 0 Å². The molecule has 0 aromatic heterocycles. The fourth-order valence-corrected chi connectivity index (χ4v) is 4.90. The number of unbranched alkanes of at least 4 members (excludes halogenated alkanes) is 4. The van der Waals surface area contributed by atoms with Crippen LogP contribution in [0.2, 0.25) is 0 Å². The van der Waals surface area contributed by atoms with Gasteiger partial charge in [-0.25, -0.2) is 0 Å². The largest absolute Gasteiger partial charge is 0.463 e. The monoisotopic (exact) mass is 450 g/mol. The smallest absolute Gasteiger partial charge is 0.305 e. The number of aliphatic hydroxyl groups is 2. The number of hydrogen-bond donors (Lipinski definition) is 2. The molecule has 1 fully saturated rings. The highest BCUT2D eigenvalue weighted by molar-refractivity contribution is 6.21. The van der Waals surface area contributed by atoms with Gasteiger partial charge in [-0.05, 0) is 55.6 Å². The topological polar surface area (TPSA) is 66.8 Å². The van der Waals surface area contributed by atoms with Gasteiger partial charge in [0, 0.05) is 17.7 Å². The minimum absolute atomic E-state index is 0.0353. The Bertz CT molecular complexity index is 658. The van der Waals surface area contributed by atoms with Crippen LogP contribution in [0.3, 0.4) is 0 Å². The van der Waals surface area contributed by atoms with Crippen molar-refractivity contribution in [1.29, 1.82) is 0 Å². The van der Waals surface area contributed by atoms with Gasteiger partial charge in [0.2, 0.25) is 0 Å². The zero-order valence-corrected chi connectivity index (χ0v) is 19.6. The van der Waals surface area contributed by atoms with E-state index in [9.17, 15) is 9.90 Å². The van der Waals surface area contributed by atoms with E-state index in [-0.39, 0.29) is 36.4 Å². The lowest BCUT2D eigenvalue weighted by atomic mass is 9.85. The molecule has 0 heterocycles. The standard InChI is InChI=1S/C26H39ClO4/c1-2-3-4-7-10-20-13-15-21(16-14-20)26-22(23(27)19-24(26)29)11-8-5-6-9-12-25(30)31-18-17-28/h5,8,13-16,22-24,26,28-29H,2-4,6-7,9-12,17-19H2,1H3/t22-,23+,24+,26+/m0/s1. The maximum absolute atomic E-state index is 11.4. The Morgan fingerprint density at radius 3 is 2.65 bits per heavy atom. The maximum Gasteiger partial charge on any atom is 0.305 e. The van der Waals surface area contributed by atoms with E-state index in [0.29, 0.717) is 12.8 Å². The van der Waals surface area contributed by atoms with Crippen molar-refractivity contribution in [3.8, 4) is 0 Å². The number of carbonyl (C=O) groups excluding carboxylic acids is 1. The number of ether oxygens (including phenoxy) is 1. The van der Waals surface area contributed by atoms with Crippen molar-refractivity contribution in [3.63, 3.8) is 0 Å². The molecule has 1 aromatic rings. The first-order chi connectivity index (χ1) is 15.1. The Hall–Kier alpha value is -1.36. The zero-order valence-electron chi connectivity index (χ0n) is 18.8. The minimum Gasteiger partial charge on any atom is -0.463 e. The van der Waals surface area contributed by atoms with Crippen molar-refractivity contribution in [3.05, 3.63) is 47.5 Å². The summed E-state index contributed by atoms with van der Waals surface area (Å²) < 4.78 is 4.85. The van der Waals surface area contributed by atoms with Gasteiger partial charge in [0.15, 0.2) is 0 Å². The van der Waals surface area contributed by atoms with Gasteiger partial charge in [0.05, 0.1) is 12.7 Å². The van der Waals surface area contributed by atoms with Gasteiger partial charge in [-0.2, -0.15) is 0 Å². The highest BCUT2D eigenvalue weighted by Crippen LogP contribution is 2.44. The number of halogens is 1. The molecule has 4 nitrogen and oxygen atoms in total. The molecule has 1 saturated carbocycles. The quantitative estimate of drug-likeness (QED) is 0.169. The predicted octanol–water partition coefficient (Wildman–Crippen LogP) is 5.53. The minimum atomic E-state index is -0.405. The maximum atomic E-state index is 11.4. The van der Waals surface area contributed by atoms with Gasteiger partial charge in [-0.15, -0.1) is 11.6 Å². The average Bonchev–Trinajstić information content (AvgIpc) is 3.05. The van der Waals surface area contributed by atoms with Crippen LogP contribution in [0.4, 0.5) is 0 Å². The Balaban J connectivity index is 1.83. The van der Waals surface area contributed by atoms with E-state index in [4.69, 9.17) is 21.4 Å². The molecule has 174 valence electrons. The van der Waals surface area contributed by atoms with E-state index in [1.165, 1.54) is 36.8 Å². The highest BCUT2D eigenvalue weighted by atomic mass is 35.5. The number of hydrogen-bond acceptors (Lipinski definition) is 4. The summed E-state index contributed by atoms with van der Waals surface area (Å²) in [5, 5.41) is 19.3. The Labute approximate surface area is 192 Å². The third kappa shape index (κ3) is 8.96. The lowest BCUT2D eigenvalue weighted by Crippen LogP contribution is -2.18. The van der Waals surface area contributed by atoms with Crippen LogP contribution in [-0.4, -0.2) is 40.9 Å². The number of esters is 1. The second-order valence-electron chi connectivity index (χ2n) is 8.60. The van der Waals surface area contributed by atoms with Gasteiger partial charge in [0.25, 0.3) is 0 Å². The summed E-state index contributed by atoms with van der Waals surface area (Å²) in [5.41, 5.74) is 2.54. The van der Waals surface area contributed by atoms with Crippen molar-refractivity contribution in [2.75, 3.05) is 13.2 Å². The summed E-state index contributed by atoms with van der Waals surface area (Å²) in [5.74, 6) is 0.00338. The second kappa shape index (κ2) is 14.7. The molecule has 0 radical (unpaired) electrons. The van der Waals surface area contributed by atoms with Gasteiger partial charge in [-0.3, -0.25) is 4.79 Å². The van der Waals surface area contributed by atoms with Crippen molar-refractivity contribution in [2.24, 2.45) is 5.92 Å². The molecule has 31 heavy (non-hydrogen) atoms. The number of carbonyl (C=O) groups is 1. The molecule has 0 saturated heterocycles. The van der Waals surface area contributed by atoms with Gasteiger partial charge in [-0.1, -0.05) is 62.6 Å². The Morgan fingerprint density at radius 1 is 1.16 bits per heavy atom. The summed E-state index contributed by atoms with van der Waals surface area (Å²) in [6.45, 7) is 2.16. The molecule has 0 aliphatic heterocycles. The first-order valence-corrected chi connectivity index (χ1v) is 12.3. The molecule has 1 aliphatic rings. The molecule has 1 aromatic carbocycles. The molecule has 2 rings (SSSR count). The van der Waals surface area contributed by atoms with E-state index < -0.39 is 6.10 Å². The molecule has 0 unspecified atom stereocenters. The van der Waals surface area contributed by atoms with E-state index in [1.54, 1.807) is 0 Å². The molecular weight excluding hydrogens is 412 g/mol. The number of allylic oxidation sites excluding steroid dienone is 2. The number of rotatable bonds is 14. The third-order valence-electron chi connectivity index (χ3n) is 6.17. The fourth-order valence-electron chi connectivity index (χ4n) is 4.46. The molecule has 0 amide bonds. The number of alkyl halides is 1. The summed E-state index contributed by atoms with van der Waals surface area (Å²) in [7, 11) is 0. The van der Waals surface area contributed by atoms with Gasteiger partial charge >= 0.3 is 5.97 Å². The van der Waals surface area contributed by atoms with E-state index in [2.05, 4.69) is 43.3 Å². The summed E-state index contributed by atoms with van der Waals surface area (Å²) >= 11 is 6.60. The number of aliphatic hydroxyl groups excluding tert-OH is 2. The lowest BCUT2D eigenvalue weighted by molar-refractivity contribution is -0.144. The van der Waals surface area contributed by atoms with Crippen LogP contribution in [0.1, 0.15) is 81.8 Å². The number of aryl methyl sites for hydroxylation is 1. The van der Waals surface area contributed by atoms with Crippen LogP contribution in [0.15, 0.2) is 36.4 Å². The molecule has 0 bridgehead atoms. The zero-order chi connectivity index (χ0) is 22.5.